The summed E-state index contributed by atoms with van der Waals surface area (Å²) >= 11 is 3.42. The van der Waals surface area contributed by atoms with Gasteiger partial charge >= 0.3 is 0 Å². The minimum Gasteiger partial charge on any atom is -0.457 e. The van der Waals surface area contributed by atoms with Gasteiger partial charge in [-0.3, -0.25) is 0 Å². The average Bonchev–Trinajstić information content (AvgIpc) is 2.61. The highest BCUT2D eigenvalue weighted by Crippen LogP contribution is 2.30. The number of allylic oxidation sites excluding steroid dienone is 1. The molecule has 1 heterocycles. The predicted molar refractivity (Wildman–Crippen MR) is 68.3 cm³/mol. The van der Waals surface area contributed by atoms with Crippen LogP contribution in [0.25, 0.3) is 11.0 Å². The fraction of sp³-hybridized carbons (Fsp3) is 0.231. The van der Waals surface area contributed by atoms with Gasteiger partial charge in [-0.05, 0) is 48.0 Å². The van der Waals surface area contributed by atoms with Crippen molar-refractivity contribution in [2.45, 2.75) is 20.0 Å². The van der Waals surface area contributed by atoms with E-state index in [1.165, 1.54) is 0 Å². The van der Waals surface area contributed by atoms with Gasteiger partial charge in [0.05, 0.1) is 4.47 Å². The van der Waals surface area contributed by atoms with Gasteiger partial charge in [-0.15, -0.1) is 0 Å². The Morgan fingerprint density at radius 3 is 2.81 bits per heavy atom. The highest BCUT2D eigenvalue weighted by atomic mass is 79.9. The number of halogens is 1. The first-order valence-corrected chi connectivity index (χ1v) is 5.88. The number of furan rings is 1. The van der Waals surface area contributed by atoms with Crippen LogP contribution in [0.5, 0.6) is 0 Å². The number of para-hydroxylation sites is 1. The Labute approximate surface area is 103 Å². The molecule has 0 bridgehead atoms. The first kappa shape index (κ1) is 11.4. The van der Waals surface area contributed by atoms with Gasteiger partial charge in [-0.1, -0.05) is 17.7 Å². The fourth-order valence-corrected chi connectivity index (χ4v) is 2.05. The van der Waals surface area contributed by atoms with Crippen molar-refractivity contribution in [1.82, 2.24) is 0 Å². The summed E-state index contributed by atoms with van der Waals surface area (Å²) in [7, 11) is 0. The van der Waals surface area contributed by atoms with E-state index in [9.17, 15) is 5.11 Å². The second-order valence-electron chi connectivity index (χ2n) is 4.00. The lowest BCUT2D eigenvalue weighted by molar-refractivity contribution is 0.199. The highest BCUT2D eigenvalue weighted by Gasteiger charge is 2.12. The van der Waals surface area contributed by atoms with Gasteiger partial charge in [0.15, 0.2) is 0 Å². The lowest BCUT2D eigenvalue weighted by Crippen LogP contribution is -1.90. The molecular formula is C13H13BrO2. The largest absolute Gasteiger partial charge is 0.457 e. The van der Waals surface area contributed by atoms with E-state index in [1.54, 1.807) is 6.08 Å². The van der Waals surface area contributed by atoms with E-state index < -0.39 is 6.10 Å². The number of hydrogen-bond acceptors (Lipinski definition) is 2. The zero-order valence-corrected chi connectivity index (χ0v) is 10.8. The summed E-state index contributed by atoms with van der Waals surface area (Å²) in [5.41, 5.74) is 1.84. The van der Waals surface area contributed by atoms with Crippen molar-refractivity contribution in [3.63, 3.8) is 0 Å². The van der Waals surface area contributed by atoms with Crippen LogP contribution in [0.1, 0.15) is 25.7 Å². The number of hydrogen-bond donors (Lipinski definition) is 1. The van der Waals surface area contributed by atoms with E-state index in [2.05, 4.69) is 15.9 Å². The van der Waals surface area contributed by atoms with Crippen molar-refractivity contribution in [3.05, 3.63) is 46.1 Å². The third-order valence-electron chi connectivity index (χ3n) is 2.30. The molecule has 0 aliphatic carbocycles. The van der Waals surface area contributed by atoms with Crippen LogP contribution in [0, 0.1) is 0 Å². The zero-order chi connectivity index (χ0) is 11.7. The van der Waals surface area contributed by atoms with Crippen LogP contribution < -0.4 is 0 Å². The molecule has 0 aliphatic heterocycles. The third-order valence-corrected chi connectivity index (χ3v) is 2.92. The van der Waals surface area contributed by atoms with E-state index in [-0.39, 0.29) is 0 Å². The summed E-state index contributed by atoms with van der Waals surface area (Å²) in [5, 5.41) is 10.9. The van der Waals surface area contributed by atoms with Gasteiger partial charge in [0, 0.05) is 5.39 Å². The average molecular weight is 281 g/mol. The molecule has 0 saturated heterocycles. The van der Waals surface area contributed by atoms with Crippen molar-refractivity contribution in [1.29, 1.82) is 0 Å². The van der Waals surface area contributed by atoms with E-state index in [0.29, 0.717) is 5.76 Å². The molecule has 16 heavy (non-hydrogen) atoms. The SMILES string of the molecule is CC(C)=CC(O)c1cc2cccc(Br)c2o1. The molecule has 84 valence electrons. The maximum atomic E-state index is 9.90. The summed E-state index contributed by atoms with van der Waals surface area (Å²) in [6.45, 7) is 3.89. The molecule has 2 nitrogen and oxygen atoms in total. The van der Waals surface area contributed by atoms with Crippen molar-refractivity contribution < 1.29 is 9.52 Å². The van der Waals surface area contributed by atoms with E-state index in [4.69, 9.17) is 4.42 Å². The first-order valence-electron chi connectivity index (χ1n) is 5.09. The molecule has 0 saturated carbocycles. The van der Waals surface area contributed by atoms with Gasteiger partial charge in [0.2, 0.25) is 0 Å². The molecule has 2 aromatic rings. The summed E-state index contributed by atoms with van der Waals surface area (Å²) in [6, 6.07) is 7.69. The summed E-state index contributed by atoms with van der Waals surface area (Å²) in [4.78, 5) is 0. The van der Waals surface area contributed by atoms with Crippen molar-refractivity contribution >= 4 is 26.9 Å². The van der Waals surface area contributed by atoms with Gasteiger partial charge in [-0.25, -0.2) is 0 Å². The van der Waals surface area contributed by atoms with Gasteiger partial charge in [0.1, 0.15) is 17.4 Å². The van der Waals surface area contributed by atoms with Gasteiger partial charge in [-0.2, -0.15) is 0 Å². The second-order valence-corrected chi connectivity index (χ2v) is 4.85. The molecule has 1 unspecified atom stereocenters. The fourth-order valence-electron chi connectivity index (χ4n) is 1.59. The molecule has 1 N–H and O–H groups in total. The molecule has 1 aromatic heterocycles. The Morgan fingerprint density at radius 1 is 1.44 bits per heavy atom. The zero-order valence-electron chi connectivity index (χ0n) is 9.20. The maximum absolute atomic E-state index is 9.90. The Kier molecular flexibility index (Phi) is 3.17. The van der Waals surface area contributed by atoms with Crippen LogP contribution >= 0.6 is 15.9 Å². The minimum atomic E-state index is -0.677. The van der Waals surface area contributed by atoms with Crippen LogP contribution in [0.4, 0.5) is 0 Å². The van der Waals surface area contributed by atoms with Crippen molar-refractivity contribution in [2.24, 2.45) is 0 Å². The molecule has 0 fully saturated rings. The minimum absolute atomic E-state index is 0.572. The number of aliphatic hydroxyl groups is 1. The van der Waals surface area contributed by atoms with Crippen LogP contribution in [0.3, 0.4) is 0 Å². The number of fused-ring (bicyclic) bond motifs is 1. The quantitative estimate of drug-likeness (QED) is 0.837. The molecular weight excluding hydrogens is 268 g/mol. The normalized spacial score (nSPS) is 12.8. The lowest BCUT2D eigenvalue weighted by atomic mass is 10.2. The molecule has 0 aliphatic rings. The second kappa shape index (κ2) is 4.44. The monoisotopic (exact) mass is 280 g/mol. The van der Waals surface area contributed by atoms with Gasteiger partial charge < -0.3 is 9.52 Å². The van der Waals surface area contributed by atoms with E-state index in [1.807, 2.05) is 38.1 Å². The van der Waals surface area contributed by atoms with Crippen LogP contribution in [0.2, 0.25) is 0 Å². The van der Waals surface area contributed by atoms with E-state index in [0.717, 1.165) is 21.0 Å². The number of benzene rings is 1. The van der Waals surface area contributed by atoms with Crippen molar-refractivity contribution in [2.75, 3.05) is 0 Å². The lowest BCUT2D eigenvalue weighted by Gasteiger charge is -2.01. The molecule has 3 heteroatoms. The molecule has 1 atom stereocenters. The van der Waals surface area contributed by atoms with Crippen LogP contribution in [-0.4, -0.2) is 5.11 Å². The number of aliphatic hydroxyl groups excluding tert-OH is 1. The topological polar surface area (TPSA) is 33.4 Å². The maximum Gasteiger partial charge on any atom is 0.148 e. The third kappa shape index (κ3) is 2.20. The summed E-state index contributed by atoms with van der Waals surface area (Å²) in [5.74, 6) is 0.572. The van der Waals surface area contributed by atoms with Gasteiger partial charge in [0.25, 0.3) is 0 Å². The Balaban J connectivity index is 2.47. The molecule has 0 spiro atoms. The Bertz CT molecular complexity index is 536. The number of rotatable bonds is 2. The Hall–Kier alpha value is -1.06. The standard InChI is InChI=1S/C13H13BrO2/c1-8(2)6-11(15)12-7-9-4-3-5-10(14)13(9)16-12/h3-7,11,15H,1-2H3. The molecule has 0 amide bonds. The molecule has 1 aromatic carbocycles. The van der Waals surface area contributed by atoms with E-state index >= 15 is 0 Å². The molecule has 0 radical (unpaired) electrons. The smallest absolute Gasteiger partial charge is 0.148 e. The predicted octanol–water partition coefficient (Wildman–Crippen LogP) is 4.19. The first-order chi connectivity index (χ1) is 7.58. The van der Waals surface area contributed by atoms with Crippen LogP contribution in [0.15, 0.2) is 44.8 Å². The Morgan fingerprint density at radius 2 is 2.19 bits per heavy atom. The highest BCUT2D eigenvalue weighted by molar-refractivity contribution is 9.10. The van der Waals surface area contributed by atoms with Crippen molar-refractivity contribution in [3.8, 4) is 0 Å². The summed E-state index contributed by atoms with van der Waals surface area (Å²) in [6.07, 6.45) is 1.09. The summed E-state index contributed by atoms with van der Waals surface area (Å²) < 4.78 is 6.52. The van der Waals surface area contributed by atoms with Crippen LogP contribution in [-0.2, 0) is 0 Å². The molecule has 2 rings (SSSR count).